The number of hydrogen-bond donors (Lipinski definition) is 0. The van der Waals surface area contributed by atoms with Gasteiger partial charge in [-0.25, -0.2) is 14.8 Å². The molecule has 2 fully saturated rings. The zero-order chi connectivity index (χ0) is 22.9. The van der Waals surface area contributed by atoms with E-state index in [0.717, 1.165) is 18.7 Å². The van der Waals surface area contributed by atoms with Crippen LogP contribution in [0.15, 0.2) is 5.16 Å². The molecule has 2 bridgehead atoms. The predicted molar refractivity (Wildman–Crippen MR) is 125 cm³/mol. The summed E-state index contributed by atoms with van der Waals surface area (Å²) in [5.41, 5.74) is -0.0235. The van der Waals surface area contributed by atoms with Gasteiger partial charge in [-0.05, 0) is 46.8 Å². The Morgan fingerprint density at radius 1 is 1.22 bits per heavy atom. The van der Waals surface area contributed by atoms with Gasteiger partial charge in [0.25, 0.3) is 0 Å². The lowest BCUT2D eigenvalue weighted by Crippen LogP contribution is -2.65. The van der Waals surface area contributed by atoms with E-state index < -0.39 is 5.60 Å². The molecule has 8 nitrogen and oxygen atoms in total. The maximum absolute atomic E-state index is 13.1. The SMILES string of the molecule is CSc1nc2c3c(nc(Cl)c(Cl)c3n1)O[C@@H](C)[C@@H]1[C@@H]3CC[C@H](CN21)N3C(=O)OC(C)(C)C. The van der Waals surface area contributed by atoms with Gasteiger partial charge < -0.3 is 14.4 Å². The van der Waals surface area contributed by atoms with Crippen LogP contribution in [0, 0.1) is 0 Å². The van der Waals surface area contributed by atoms with Gasteiger partial charge in [0.15, 0.2) is 10.3 Å². The van der Waals surface area contributed by atoms with E-state index in [1.54, 1.807) is 0 Å². The number of fused-ring (bicyclic) bond motifs is 5. The molecule has 0 aliphatic carbocycles. The summed E-state index contributed by atoms with van der Waals surface area (Å²) in [4.78, 5) is 31.1. The largest absolute Gasteiger partial charge is 0.472 e. The van der Waals surface area contributed by atoms with Crippen molar-refractivity contribution in [1.29, 1.82) is 0 Å². The monoisotopic (exact) mass is 497 g/mol. The van der Waals surface area contributed by atoms with Crippen molar-refractivity contribution in [2.45, 2.75) is 75.5 Å². The molecule has 5 rings (SSSR count). The molecule has 32 heavy (non-hydrogen) atoms. The molecule has 0 N–H and O–H groups in total. The predicted octanol–water partition coefficient (Wildman–Crippen LogP) is 4.79. The van der Waals surface area contributed by atoms with Crippen molar-refractivity contribution >= 4 is 57.8 Å². The lowest BCUT2D eigenvalue weighted by molar-refractivity contribution is 0.000955. The lowest BCUT2D eigenvalue weighted by Gasteiger charge is -2.48. The Bertz CT molecular complexity index is 1110. The minimum absolute atomic E-state index is 0.0262. The third-order valence-corrected chi connectivity index (χ3v) is 7.49. The lowest BCUT2D eigenvalue weighted by atomic mass is 9.98. The molecule has 11 heteroatoms. The second-order valence-electron chi connectivity index (χ2n) is 9.43. The van der Waals surface area contributed by atoms with Crippen LogP contribution in [-0.2, 0) is 4.74 Å². The number of nitrogens with zero attached hydrogens (tertiary/aromatic N) is 5. The fourth-order valence-electron chi connectivity index (χ4n) is 5.08. The molecular formula is C21H25Cl2N5O3S. The summed E-state index contributed by atoms with van der Waals surface area (Å²) in [6, 6.07) is -0.166. The van der Waals surface area contributed by atoms with Crippen molar-refractivity contribution < 1.29 is 14.3 Å². The van der Waals surface area contributed by atoms with Gasteiger partial charge in [-0.2, -0.15) is 4.98 Å². The second-order valence-corrected chi connectivity index (χ2v) is 10.9. The number of carbonyl (C=O) groups is 1. The number of ether oxygens (including phenoxy) is 2. The van der Waals surface area contributed by atoms with Gasteiger partial charge >= 0.3 is 6.09 Å². The third kappa shape index (κ3) is 3.44. The van der Waals surface area contributed by atoms with Gasteiger partial charge in [-0.15, -0.1) is 0 Å². The van der Waals surface area contributed by atoms with Gasteiger partial charge in [-0.1, -0.05) is 35.0 Å². The molecule has 0 unspecified atom stereocenters. The summed E-state index contributed by atoms with van der Waals surface area (Å²) < 4.78 is 12.1. The highest BCUT2D eigenvalue weighted by atomic mass is 35.5. The van der Waals surface area contributed by atoms with Crippen molar-refractivity contribution in [1.82, 2.24) is 19.9 Å². The van der Waals surface area contributed by atoms with E-state index in [9.17, 15) is 4.79 Å². The van der Waals surface area contributed by atoms with E-state index in [-0.39, 0.29) is 40.5 Å². The molecule has 0 spiro atoms. The molecule has 2 saturated heterocycles. The molecule has 2 aromatic rings. The summed E-state index contributed by atoms with van der Waals surface area (Å²) >= 11 is 14.3. The van der Waals surface area contributed by atoms with Crippen LogP contribution in [0.4, 0.5) is 10.6 Å². The highest BCUT2D eigenvalue weighted by molar-refractivity contribution is 7.98. The van der Waals surface area contributed by atoms with E-state index in [1.807, 2.05) is 38.9 Å². The first kappa shape index (κ1) is 22.1. The number of piperazine rings is 1. The zero-order valence-corrected chi connectivity index (χ0v) is 20.9. The minimum Gasteiger partial charge on any atom is -0.472 e. The molecule has 5 heterocycles. The van der Waals surface area contributed by atoms with Gasteiger partial charge in [0.2, 0.25) is 5.88 Å². The van der Waals surface area contributed by atoms with Crippen molar-refractivity contribution in [3.05, 3.63) is 10.2 Å². The Kier molecular flexibility index (Phi) is 5.30. The average Bonchev–Trinajstić information content (AvgIpc) is 2.96. The van der Waals surface area contributed by atoms with E-state index in [1.165, 1.54) is 11.8 Å². The highest BCUT2D eigenvalue weighted by Gasteiger charge is 2.53. The van der Waals surface area contributed by atoms with Crippen LogP contribution in [-0.4, -0.2) is 68.6 Å². The van der Waals surface area contributed by atoms with Gasteiger partial charge in [0, 0.05) is 6.54 Å². The first-order valence-corrected chi connectivity index (χ1v) is 12.6. The number of rotatable bonds is 1. The normalized spacial score (nSPS) is 26.6. The van der Waals surface area contributed by atoms with Crippen LogP contribution in [0.2, 0.25) is 10.2 Å². The van der Waals surface area contributed by atoms with Crippen molar-refractivity contribution in [3.63, 3.8) is 0 Å². The molecule has 0 radical (unpaired) electrons. The van der Waals surface area contributed by atoms with E-state index in [2.05, 4.69) is 14.9 Å². The van der Waals surface area contributed by atoms with Crippen LogP contribution < -0.4 is 9.64 Å². The van der Waals surface area contributed by atoms with Crippen molar-refractivity contribution in [2.75, 3.05) is 17.7 Å². The molecule has 1 amide bonds. The number of amides is 1. The fraction of sp³-hybridized carbons (Fsp3) is 0.619. The Morgan fingerprint density at radius 3 is 2.66 bits per heavy atom. The quantitative estimate of drug-likeness (QED) is 0.316. The van der Waals surface area contributed by atoms with Gasteiger partial charge in [0.1, 0.15) is 33.4 Å². The minimum atomic E-state index is -0.557. The number of thioether (sulfide) groups is 1. The van der Waals surface area contributed by atoms with Crippen molar-refractivity contribution in [3.8, 4) is 5.88 Å². The highest BCUT2D eigenvalue weighted by Crippen LogP contribution is 2.46. The fourth-order valence-corrected chi connectivity index (χ4v) is 5.79. The summed E-state index contributed by atoms with van der Waals surface area (Å²) in [6.07, 6.45) is 3.14. The summed E-state index contributed by atoms with van der Waals surface area (Å²) in [5.74, 6) is 1.11. The van der Waals surface area contributed by atoms with E-state index >= 15 is 0 Å². The summed E-state index contributed by atoms with van der Waals surface area (Å²) in [6.45, 7) is 8.27. The smallest absolute Gasteiger partial charge is 0.410 e. The number of carbonyl (C=O) groups excluding carboxylic acids is 1. The van der Waals surface area contributed by atoms with E-state index in [0.29, 0.717) is 28.5 Å². The number of anilines is 1. The topological polar surface area (TPSA) is 80.7 Å². The van der Waals surface area contributed by atoms with Crippen LogP contribution in [0.25, 0.3) is 10.9 Å². The van der Waals surface area contributed by atoms with Crippen LogP contribution in [0.5, 0.6) is 5.88 Å². The molecule has 0 aromatic carbocycles. The Hall–Kier alpha value is -1.71. The summed E-state index contributed by atoms with van der Waals surface area (Å²) in [7, 11) is 0. The van der Waals surface area contributed by atoms with Gasteiger partial charge in [0.05, 0.1) is 18.1 Å². The molecule has 3 aliphatic rings. The zero-order valence-electron chi connectivity index (χ0n) is 18.6. The second kappa shape index (κ2) is 7.67. The molecule has 3 aliphatic heterocycles. The molecular weight excluding hydrogens is 473 g/mol. The standard InChI is InChI=1S/C21H25Cl2N5O3S/c1-9-15-11-7-6-10(28(11)20(29)31-21(2,3)4)8-27(15)17-12-14(24-19(26-17)32-5)13(22)16(23)25-18(12)30-9/h9-11,15H,6-8H2,1-5H3/t9-,10+,11-,15+/m0/s1. The Balaban J connectivity index is 1.64. The van der Waals surface area contributed by atoms with Crippen molar-refractivity contribution in [2.24, 2.45) is 0 Å². The van der Waals surface area contributed by atoms with Crippen LogP contribution >= 0.6 is 35.0 Å². The molecule has 172 valence electrons. The number of aromatic nitrogens is 3. The third-order valence-electron chi connectivity index (χ3n) is 6.22. The number of halogens is 2. The Morgan fingerprint density at radius 2 is 1.97 bits per heavy atom. The molecule has 0 saturated carbocycles. The summed E-state index contributed by atoms with van der Waals surface area (Å²) in [5, 5.41) is 1.69. The average molecular weight is 498 g/mol. The first-order chi connectivity index (χ1) is 15.1. The van der Waals surface area contributed by atoms with E-state index in [4.69, 9.17) is 37.7 Å². The van der Waals surface area contributed by atoms with Crippen LogP contribution in [0.1, 0.15) is 40.5 Å². The number of pyridine rings is 1. The molecule has 2 aromatic heterocycles. The maximum Gasteiger partial charge on any atom is 0.410 e. The first-order valence-electron chi connectivity index (χ1n) is 10.6. The maximum atomic E-state index is 13.1. The molecule has 4 atom stereocenters. The van der Waals surface area contributed by atoms with Crippen LogP contribution in [0.3, 0.4) is 0 Å². The Labute approximate surface area is 201 Å². The number of hydrogen-bond acceptors (Lipinski definition) is 8. The van der Waals surface area contributed by atoms with Gasteiger partial charge in [-0.3, -0.25) is 4.90 Å².